The highest BCUT2D eigenvalue weighted by Crippen LogP contribution is 2.25. The second kappa shape index (κ2) is 9.20. The first-order valence-corrected chi connectivity index (χ1v) is 8.80. The summed E-state index contributed by atoms with van der Waals surface area (Å²) in [4.78, 5) is 28.9. The Labute approximate surface area is 171 Å². The van der Waals surface area contributed by atoms with Crippen molar-refractivity contribution in [1.29, 1.82) is 5.26 Å². The van der Waals surface area contributed by atoms with Gasteiger partial charge in [0.15, 0.2) is 17.4 Å². The number of para-hydroxylation sites is 2. The average molecular weight is 403 g/mol. The van der Waals surface area contributed by atoms with E-state index in [1.165, 1.54) is 24.9 Å². The van der Waals surface area contributed by atoms with E-state index in [1.54, 1.807) is 48.7 Å². The molecule has 0 aliphatic carbocycles. The normalized spacial score (nSPS) is 11.6. The summed E-state index contributed by atoms with van der Waals surface area (Å²) >= 11 is 0. The van der Waals surface area contributed by atoms with E-state index in [0.29, 0.717) is 17.3 Å². The van der Waals surface area contributed by atoms with Crippen molar-refractivity contribution in [3.63, 3.8) is 0 Å². The number of benzene rings is 1. The van der Waals surface area contributed by atoms with Crippen LogP contribution in [0.5, 0.6) is 5.75 Å². The SMILES string of the molecule is COc1ccccc1NC(=O)C(N=Nc1c(C#N)cnn1-c1ccccn1)C(C)=O. The van der Waals surface area contributed by atoms with E-state index < -0.39 is 17.7 Å². The smallest absolute Gasteiger partial charge is 0.258 e. The van der Waals surface area contributed by atoms with Gasteiger partial charge in [0.05, 0.1) is 19.0 Å². The quantitative estimate of drug-likeness (QED) is 0.476. The molecule has 1 atom stereocenters. The number of hydrogen-bond donors (Lipinski definition) is 1. The topological polar surface area (TPSA) is 135 Å². The second-order valence-corrected chi connectivity index (χ2v) is 6.01. The number of amides is 1. The van der Waals surface area contributed by atoms with Gasteiger partial charge in [-0.3, -0.25) is 9.59 Å². The lowest BCUT2D eigenvalue weighted by Crippen LogP contribution is -2.32. The van der Waals surface area contributed by atoms with E-state index in [4.69, 9.17) is 4.74 Å². The van der Waals surface area contributed by atoms with Crippen LogP contribution in [0.4, 0.5) is 11.5 Å². The van der Waals surface area contributed by atoms with Gasteiger partial charge in [0, 0.05) is 6.20 Å². The monoisotopic (exact) mass is 403 g/mol. The predicted molar refractivity (Wildman–Crippen MR) is 107 cm³/mol. The molecule has 1 N–H and O–H groups in total. The van der Waals surface area contributed by atoms with Crippen LogP contribution >= 0.6 is 0 Å². The first kappa shape index (κ1) is 20.3. The number of hydrogen-bond acceptors (Lipinski definition) is 8. The number of ether oxygens (including phenoxy) is 1. The fourth-order valence-corrected chi connectivity index (χ4v) is 2.54. The number of pyridine rings is 1. The Hall–Kier alpha value is -4.39. The molecule has 3 aromatic rings. The van der Waals surface area contributed by atoms with Crippen molar-refractivity contribution in [1.82, 2.24) is 14.8 Å². The number of carbonyl (C=O) groups excluding carboxylic acids is 2. The molecular formula is C20H17N7O3. The highest BCUT2D eigenvalue weighted by Gasteiger charge is 2.25. The molecule has 3 rings (SSSR count). The molecule has 2 heterocycles. The first-order chi connectivity index (χ1) is 14.5. The highest BCUT2D eigenvalue weighted by atomic mass is 16.5. The summed E-state index contributed by atoms with van der Waals surface area (Å²) in [6.07, 6.45) is 2.86. The zero-order chi connectivity index (χ0) is 21.5. The summed E-state index contributed by atoms with van der Waals surface area (Å²) in [7, 11) is 1.47. The molecule has 1 aromatic carbocycles. The summed E-state index contributed by atoms with van der Waals surface area (Å²) in [5.41, 5.74) is 0.513. The predicted octanol–water partition coefficient (Wildman–Crippen LogP) is 2.83. The Morgan fingerprint density at radius 1 is 1.23 bits per heavy atom. The molecule has 0 spiro atoms. The molecule has 0 radical (unpaired) electrons. The molecule has 0 saturated heterocycles. The molecule has 10 heteroatoms. The minimum Gasteiger partial charge on any atom is -0.495 e. The largest absolute Gasteiger partial charge is 0.495 e. The van der Waals surface area contributed by atoms with Gasteiger partial charge in [-0.15, -0.1) is 5.11 Å². The molecule has 1 amide bonds. The van der Waals surface area contributed by atoms with Gasteiger partial charge >= 0.3 is 0 Å². The van der Waals surface area contributed by atoms with Crippen LogP contribution in [0.15, 0.2) is 65.1 Å². The van der Waals surface area contributed by atoms with Gasteiger partial charge in [-0.05, 0) is 31.2 Å². The van der Waals surface area contributed by atoms with Gasteiger partial charge in [0.2, 0.25) is 6.04 Å². The van der Waals surface area contributed by atoms with E-state index >= 15 is 0 Å². The third-order valence-corrected chi connectivity index (χ3v) is 4.00. The molecule has 0 saturated carbocycles. The lowest BCUT2D eigenvalue weighted by molar-refractivity contribution is -0.126. The number of nitrogens with one attached hydrogen (secondary N) is 1. The molecular weight excluding hydrogens is 386 g/mol. The van der Waals surface area contributed by atoms with Gasteiger partial charge in [-0.1, -0.05) is 18.2 Å². The second-order valence-electron chi connectivity index (χ2n) is 6.01. The number of azo groups is 1. The number of carbonyl (C=O) groups is 2. The first-order valence-electron chi connectivity index (χ1n) is 8.80. The fourth-order valence-electron chi connectivity index (χ4n) is 2.54. The maximum Gasteiger partial charge on any atom is 0.258 e. The lowest BCUT2D eigenvalue weighted by Gasteiger charge is -2.12. The summed E-state index contributed by atoms with van der Waals surface area (Å²) in [5, 5.41) is 23.9. The van der Waals surface area contributed by atoms with Gasteiger partial charge < -0.3 is 10.1 Å². The molecule has 30 heavy (non-hydrogen) atoms. The fraction of sp³-hybridized carbons (Fsp3) is 0.150. The van der Waals surface area contributed by atoms with Gasteiger partial charge in [0.1, 0.15) is 17.4 Å². The molecule has 0 bridgehead atoms. The van der Waals surface area contributed by atoms with Crippen molar-refractivity contribution >= 4 is 23.2 Å². The number of anilines is 1. The number of methoxy groups -OCH3 is 1. The number of ketones is 1. The summed E-state index contributed by atoms with van der Waals surface area (Å²) in [6.45, 7) is 1.23. The Kier molecular flexibility index (Phi) is 6.24. The maximum atomic E-state index is 12.7. The standard InChI is InChI=1S/C20H17N7O3/c1-13(28)18(20(29)24-15-7-3-4-8-16(15)30-2)25-26-19-14(11-21)12-23-27(19)17-9-5-6-10-22-17/h3-10,12,18H,1-2H3,(H,24,29). The molecule has 1 unspecified atom stereocenters. The van der Waals surface area contributed by atoms with Crippen LogP contribution in [-0.4, -0.2) is 39.6 Å². The van der Waals surface area contributed by atoms with Crippen molar-refractivity contribution in [2.75, 3.05) is 12.4 Å². The van der Waals surface area contributed by atoms with E-state index in [0.717, 1.165) is 0 Å². The van der Waals surface area contributed by atoms with Gasteiger partial charge in [-0.25, -0.2) is 4.98 Å². The number of nitrogens with zero attached hydrogens (tertiary/aromatic N) is 6. The van der Waals surface area contributed by atoms with Crippen molar-refractivity contribution in [3.8, 4) is 17.6 Å². The van der Waals surface area contributed by atoms with E-state index in [9.17, 15) is 14.9 Å². The zero-order valence-electron chi connectivity index (χ0n) is 16.2. The Morgan fingerprint density at radius 3 is 2.67 bits per heavy atom. The van der Waals surface area contributed by atoms with Crippen LogP contribution < -0.4 is 10.1 Å². The van der Waals surface area contributed by atoms with E-state index in [-0.39, 0.29) is 11.4 Å². The van der Waals surface area contributed by atoms with Crippen molar-refractivity contribution in [2.45, 2.75) is 13.0 Å². The summed E-state index contributed by atoms with van der Waals surface area (Å²) < 4.78 is 6.49. The van der Waals surface area contributed by atoms with Gasteiger partial charge in [0.25, 0.3) is 5.91 Å². The maximum absolute atomic E-state index is 12.7. The van der Waals surface area contributed by atoms with Crippen molar-refractivity contribution < 1.29 is 14.3 Å². The average Bonchev–Trinajstić information content (AvgIpc) is 3.17. The van der Waals surface area contributed by atoms with Crippen LogP contribution in [0, 0.1) is 11.3 Å². The van der Waals surface area contributed by atoms with Crippen LogP contribution in [0.25, 0.3) is 5.82 Å². The summed E-state index contributed by atoms with van der Waals surface area (Å²) in [6, 6.07) is 12.4. The molecule has 0 fully saturated rings. The molecule has 150 valence electrons. The van der Waals surface area contributed by atoms with E-state index in [1.807, 2.05) is 6.07 Å². The Morgan fingerprint density at radius 2 is 2.00 bits per heavy atom. The third-order valence-electron chi connectivity index (χ3n) is 4.00. The Balaban J connectivity index is 1.91. The van der Waals surface area contributed by atoms with Gasteiger partial charge in [-0.2, -0.15) is 20.2 Å². The third kappa shape index (κ3) is 4.36. The van der Waals surface area contributed by atoms with Crippen molar-refractivity contribution in [2.24, 2.45) is 10.2 Å². The highest BCUT2D eigenvalue weighted by molar-refractivity contribution is 6.10. The molecule has 2 aromatic heterocycles. The van der Waals surface area contributed by atoms with Crippen LogP contribution in [-0.2, 0) is 9.59 Å². The van der Waals surface area contributed by atoms with Crippen LogP contribution in [0.2, 0.25) is 0 Å². The zero-order valence-corrected chi connectivity index (χ0v) is 16.2. The Bertz CT molecular complexity index is 1130. The number of aromatic nitrogens is 3. The minimum atomic E-state index is -1.42. The summed E-state index contributed by atoms with van der Waals surface area (Å²) in [5.74, 6) is -0.296. The molecule has 10 nitrogen and oxygen atoms in total. The van der Waals surface area contributed by atoms with Crippen LogP contribution in [0.3, 0.4) is 0 Å². The minimum absolute atomic E-state index is 0.0625. The lowest BCUT2D eigenvalue weighted by atomic mass is 10.2. The van der Waals surface area contributed by atoms with Crippen molar-refractivity contribution in [3.05, 3.63) is 60.4 Å². The number of Topliss-reactive ketones (excluding diaryl/α,β-unsaturated/α-hetero) is 1. The number of nitriles is 1. The van der Waals surface area contributed by atoms with Crippen LogP contribution in [0.1, 0.15) is 12.5 Å². The molecule has 0 aliphatic rings. The van der Waals surface area contributed by atoms with E-state index in [2.05, 4.69) is 25.6 Å². The molecule has 0 aliphatic heterocycles. The number of rotatable bonds is 7.